The lowest BCUT2D eigenvalue weighted by molar-refractivity contribution is -0.138. The van der Waals surface area contributed by atoms with Crippen LogP contribution in [0.1, 0.15) is 54.6 Å². The van der Waals surface area contributed by atoms with Crippen LogP contribution in [0.2, 0.25) is 0 Å². The van der Waals surface area contributed by atoms with Gasteiger partial charge in [-0.25, -0.2) is 0 Å². The highest BCUT2D eigenvalue weighted by atomic mass is 16.2. The third-order valence-corrected chi connectivity index (χ3v) is 6.75. The maximum atomic E-state index is 12.9. The number of likely N-dealkylation sites (tertiary alicyclic amines) is 1. The molecule has 3 heterocycles. The minimum absolute atomic E-state index is 0.0735. The minimum Gasteiger partial charge on any atom is -0.357 e. The molecule has 0 unspecified atom stereocenters. The number of H-pyrrole nitrogens is 1. The quantitative estimate of drug-likeness (QED) is 0.675. The highest BCUT2D eigenvalue weighted by Gasteiger charge is 2.45. The molecule has 1 aromatic heterocycles. The number of aromatic nitrogens is 1. The van der Waals surface area contributed by atoms with E-state index in [0.717, 1.165) is 29.7 Å². The van der Waals surface area contributed by atoms with E-state index in [1.807, 2.05) is 6.07 Å². The molecule has 2 aliphatic heterocycles. The van der Waals surface area contributed by atoms with Crippen LogP contribution in [0.25, 0.3) is 10.9 Å². The van der Waals surface area contributed by atoms with Crippen molar-refractivity contribution in [2.24, 2.45) is 0 Å². The van der Waals surface area contributed by atoms with E-state index in [0.29, 0.717) is 5.92 Å². The molecular formula is C25H27N3O2. The number of amides is 2. The number of carbonyl (C=O) groups excluding carboxylic acids is 2. The van der Waals surface area contributed by atoms with Gasteiger partial charge in [0.1, 0.15) is 0 Å². The summed E-state index contributed by atoms with van der Waals surface area (Å²) in [6.07, 6.45) is 1.12. The van der Waals surface area contributed by atoms with E-state index in [-0.39, 0.29) is 24.3 Å². The number of hydrogen-bond acceptors (Lipinski definition) is 3. The second-order valence-electron chi connectivity index (χ2n) is 8.79. The fraction of sp³-hybridized carbons (Fsp3) is 0.360. The number of aromatic amines is 1. The third kappa shape index (κ3) is 2.88. The first kappa shape index (κ1) is 19.1. The van der Waals surface area contributed by atoms with Crippen LogP contribution in [-0.4, -0.2) is 46.2 Å². The summed E-state index contributed by atoms with van der Waals surface area (Å²) in [7, 11) is 1.59. The predicted octanol–water partition coefficient (Wildman–Crippen LogP) is 4.00. The molecule has 2 aromatic carbocycles. The second kappa shape index (κ2) is 7.10. The monoisotopic (exact) mass is 401 g/mol. The van der Waals surface area contributed by atoms with Gasteiger partial charge in [-0.05, 0) is 35.1 Å². The Morgan fingerprint density at radius 3 is 2.43 bits per heavy atom. The summed E-state index contributed by atoms with van der Waals surface area (Å²) >= 11 is 0. The van der Waals surface area contributed by atoms with E-state index >= 15 is 0 Å². The molecule has 2 aliphatic rings. The second-order valence-corrected chi connectivity index (χ2v) is 8.79. The number of hydrogen-bond donors (Lipinski definition) is 1. The zero-order chi connectivity index (χ0) is 21.0. The number of nitrogens with one attached hydrogen (secondary N) is 1. The Kier molecular flexibility index (Phi) is 4.51. The van der Waals surface area contributed by atoms with Gasteiger partial charge in [0.15, 0.2) is 0 Å². The Balaban J connectivity index is 1.64. The van der Waals surface area contributed by atoms with Gasteiger partial charge in [-0.15, -0.1) is 0 Å². The van der Waals surface area contributed by atoms with Crippen molar-refractivity contribution >= 4 is 22.7 Å². The number of rotatable bonds is 3. The SMILES string of the molecule is CC(C)c1ccc([C@H]2c3[nH]c4ccccc4c3CCN2[C@H]2CC(=O)N(C)C2=O)cc1. The van der Waals surface area contributed by atoms with Gasteiger partial charge in [0.25, 0.3) is 0 Å². The molecular weight excluding hydrogens is 374 g/mol. The van der Waals surface area contributed by atoms with E-state index in [9.17, 15) is 9.59 Å². The molecule has 0 radical (unpaired) electrons. The fourth-order valence-corrected chi connectivity index (χ4v) is 5.01. The van der Waals surface area contributed by atoms with Gasteiger partial charge < -0.3 is 4.98 Å². The number of imide groups is 1. The van der Waals surface area contributed by atoms with Crippen LogP contribution in [0.5, 0.6) is 0 Å². The molecule has 30 heavy (non-hydrogen) atoms. The molecule has 1 fully saturated rings. The predicted molar refractivity (Wildman–Crippen MR) is 117 cm³/mol. The zero-order valence-corrected chi connectivity index (χ0v) is 17.7. The van der Waals surface area contributed by atoms with Crippen LogP contribution >= 0.6 is 0 Å². The first-order valence-corrected chi connectivity index (χ1v) is 10.7. The molecule has 0 spiro atoms. The number of fused-ring (bicyclic) bond motifs is 3. The van der Waals surface area contributed by atoms with Gasteiger partial charge in [0, 0.05) is 30.2 Å². The fourth-order valence-electron chi connectivity index (χ4n) is 5.01. The van der Waals surface area contributed by atoms with Gasteiger partial charge in [0.2, 0.25) is 11.8 Å². The number of likely N-dealkylation sites (N-methyl/N-ethyl adjacent to an activating group) is 1. The lowest BCUT2D eigenvalue weighted by atomic mass is 9.89. The van der Waals surface area contributed by atoms with Crippen LogP contribution < -0.4 is 0 Å². The summed E-state index contributed by atoms with van der Waals surface area (Å²) in [5.74, 6) is 0.275. The van der Waals surface area contributed by atoms with E-state index in [2.05, 4.69) is 66.2 Å². The van der Waals surface area contributed by atoms with E-state index in [4.69, 9.17) is 0 Å². The summed E-state index contributed by atoms with van der Waals surface area (Å²) in [5.41, 5.74) is 6.05. The summed E-state index contributed by atoms with van der Waals surface area (Å²) in [6.45, 7) is 5.13. The standard InChI is InChI=1S/C25H27N3O2/c1-15(2)16-8-10-17(11-9-16)24-23-19(18-6-4-5-7-20(18)26-23)12-13-28(24)21-14-22(29)27(3)25(21)30/h4-11,15,21,24,26H,12-14H2,1-3H3/t21-,24-/m0/s1. The lowest BCUT2D eigenvalue weighted by Gasteiger charge is -2.39. The van der Waals surface area contributed by atoms with Crippen LogP contribution in [0, 0.1) is 0 Å². The Bertz CT molecular complexity index is 1130. The highest BCUT2D eigenvalue weighted by Crippen LogP contribution is 2.41. The normalized spacial score (nSPS) is 22.3. The largest absolute Gasteiger partial charge is 0.357 e. The molecule has 0 aliphatic carbocycles. The number of benzene rings is 2. The van der Waals surface area contributed by atoms with Crippen molar-refractivity contribution in [2.45, 2.75) is 44.7 Å². The Labute approximate surface area is 176 Å². The van der Waals surface area contributed by atoms with Crippen molar-refractivity contribution in [3.05, 3.63) is 70.9 Å². The molecule has 2 atom stereocenters. The van der Waals surface area contributed by atoms with Crippen molar-refractivity contribution in [1.82, 2.24) is 14.8 Å². The van der Waals surface area contributed by atoms with Crippen LogP contribution in [-0.2, 0) is 16.0 Å². The maximum absolute atomic E-state index is 12.9. The highest BCUT2D eigenvalue weighted by molar-refractivity contribution is 6.05. The average molecular weight is 402 g/mol. The summed E-state index contributed by atoms with van der Waals surface area (Å²) in [4.78, 5) is 32.3. The zero-order valence-electron chi connectivity index (χ0n) is 17.7. The Morgan fingerprint density at radius 2 is 1.77 bits per heavy atom. The van der Waals surface area contributed by atoms with Crippen molar-refractivity contribution in [2.75, 3.05) is 13.6 Å². The van der Waals surface area contributed by atoms with Crippen molar-refractivity contribution < 1.29 is 9.59 Å². The summed E-state index contributed by atoms with van der Waals surface area (Å²) in [6, 6.07) is 16.6. The van der Waals surface area contributed by atoms with Crippen molar-refractivity contribution in [3.63, 3.8) is 0 Å². The molecule has 1 N–H and O–H groups in total. The van der Waals surface area contributed by atoms with Crippen LogP contribution in [0.15, 0.2) is 48.5 Å². The summed E-state index contributed by atoms with van der Waals surface area (Å²) < 4.78 is 0. The molecule has 154 valence electrons. The minimum atomic E-state index is -0.406. The number of carbonyl (C=O) groups is 2. The van der Waals surface area contributed by atoms with Crippen molar-refractivity contribution in [3.8, 4) is 0 Å². The van der Waals surface area contributed by atoms with Crippen LogP contribution in [0.3, 0.4) is 0 Å². The number of nitrogens with zero attached hydrogens (tertiary/aromatic N) is 2. The van der Waals surface area contributed by atoms with Crippen molar-refractivity contribution in [1.29, 1.82) is 0 Å². The van der Waals surface area contributed by atoms with E-state index in [1.54, 1.807) is 7.05 Å². The molecule has 1 saturated heterocycles. The molecule has 0 saturated carbocycles. The molecule has 5 heteroatoms. The van der Waals surface area contributed by atoms with Crippen LogP contribution in [0.4, 0.5) is 0 Å². The van der Waals surface area contributed by atoms with Gasteiger partial charge >= 0.3 is 0 Å². The Morgan fingerprint density at radius 1 is 1.03 bits per heavy atom. The first-order chi connectivity index (χ1) is 14.5. The van der Waals surface area contributed by atoms with Gasteiger partial charge in [0.05, 0.1) is 18.5 Å². The maximum Gasteiger partial charge on any atom is 0.246 e. The Hall–Kier alpha value is -2.92. The van der Waals surface area contributed by atoms with Gasteiger partial charge in [-0.3, -0.25) is 19.4 Å². The average Bonchev–Trinajstić information content (AvgIpc) is 3.25. The topological polar surface area (TPSA) is 56.4 Å². The summed E-state index contributed by atoms with van der Waals surface area (Å²) in [5, 5.41) is 1.25. The molecule has 3 aromatic rings. The lowest BCUT2D eigenvalue weighted by Crippen LogP contribution is -2.46. The van der Waals surface area contributed by atoms with Gasteiger partial charge in [-0.1, -0.05) is 56.3 Å². The third-order valence-electron chi connectivity index (χ3n) is 6.75. The molecule has 5 nitrogen and oxygen atoms in total. The molecule has 0 bridgehead atoms. The molecule has 2 amide bonds. The molecule has 5 rings (SSSR count). The van der Waals surface area contributed by atoms with E-state index in [1.165, 1.54) is 21.4 Å². The smallest absolute Gasteiger partial charge is 0.246 e. The number of para-hydroxylation sites is 1. The first-order valence-electron chi connectivity index (χ1n) is 10.7. The van der Waals surface area contributed by atoms with Gasteiger partial charge in [-0.2, -0.15) is 0 Å². The van der Waals surface area contributed by atoms with E-state index < -0.39 is 6.04 Å².